The Kier molecular flexibility index (Phi) is 5.17. The molecule has 0 radical (unpaired) electrons. The van der Waals surface area contributed by atoms with E-state index in [9.17, 15) is 22.8 Å². The summed E-state index contributed by atoms with van der Waals surface area (Å²) in [7, 11) is 0. The first-order valence-electron chi connectivity index (χ1n) is 9.35. The number of nitrogens with zero attached hydrogens (tertiary/aromatic N) is 5. The number of nitrogens with one attached hydrogen (secondary N) is 1. The molecule has 3 aromatic rings. The molecule has 1 aliphatic heterocycles. The molecule has 2 aromatic carbocycles. The van der Waals surface area contributed by atoms with E-state index in [1.807, 2.05) is 19.1 Å². The number of fused-ring (bicyclic) bond motifs is 1. The Labute approximate surface area is 174 Å². The molecule has 4 rings (SSSR count). The second kappa shape index (κ2) is 7.82. The summed E-state index contributed by atoms with van der Waals surface area (Å²) in [6.07, 6.45) is -5.73. The molecule has 1 N–H and O–H groups in total. The number of alkyl halides is 3. The van der Waals surface area contributed by atoms with Crippen molar-refractivity contribution in [3.05, 3.63) is 54.1 Å². The van der Waals surface area contributed by atoms with E-state index >= 15 is 0 Å². The lowest BCUT2D eigenvalue weighted by Gasteiger charge is -2.31. The number of carbonyl (C=O) groups is 2. The van der Waals surface area contributed by atoms with E-state index in [-0.39, 0.29) is 17.2 Å². The van der Waals surface area contributed by atoms with Crippen LogP contribution >= 0.6 is 0 Å². The predicted molar refractivity (Wildman–Crippen MR) is 105 cm³/mol. The van der Waals surface area contributed by atoms with Gasteiger partial charge in [-0.25, -0.2) is 0 Å². The van der Waals surface area contributed by atoms with Crippen molar-refractivity contribution < 1.29 is 22.8 Å². The number of carbonyl (C=O) groups excluding carboxylic acids is 2. The van der Waals surface area contributed by atoms with Crippen LogP contribution in [0.2, 0.25) is 0 Å². The number of benzene rings is 2. The lowest BCUT2D eigenvalue weighted by molar-refractivity contribution is -0.158. The highest BCUT2D eigenvalue weighted by molar-refractivity contribution is 6.04. The molecule has 0 fully saturated rings. The minimum Gasteiger partial charge on any atom is -0.324 e. The summed E-state index contributed by atoms with van der Waals surface area (Å²) in [5.41, 5.74) is 1.67. The zero-order valence-corrected chi connectivity index (χ0v) is 16.3. The van der Waals surface area contributed by atoms with E-state index in [1.165, 1.54) is 18.2 Å². The minimum atomic E-state index is -4.81. The molecule has 31 heavy (non-hydrogen) atoms. The van der Waals surface area contributed by atoms with Crippen LogP contribution in [-0.4, -0.2) is 44.2 Å². The monoisotopic (exact) mass is 430 g/mol. The summed E-state index contributed by atoms with van der Waals surface area (Å²) >= 11 is 0. The van der Waals surface area contributed by atoms with Gasteiger partial charge >= 0.3 is 6.18 Å². The van der Waals surface area contributed by atoms with Crippen molar-refractivity contribution in [1.29, 1.82) is 0 Å². The molecule has 1 aromatic heterocycles. The molecule has 0 bridgehead atoms. The SMILES string of the molecule is Cc1ccccc1-c1nnn(CC(=O)N2c3ccccc3NC(=O)CC2C(F)(F)F)n1. The standard InChI is InChI=1S/C20H17F3N6O2/c1-12-6-2-3-7-13(12)19-25-27-28(26-19)11-18(31)29-15-9-5-4-8-14(15)24-17(30)10-16(29)20(21,22)23/h2-9,16H,10-11H2,1H3,(H,24,30). The number of rotatable bonds is 3. The maximum atomic E-state index is 13.8. The van der Waals surface area contributed by atoms with Gasteiger partial charge in [0.15, 0.2) is 0 Å². The number of anilines is 2. The van der Waals surface area contributed by atoms with Crippen molar-refractivity contribution in [2.75, 3.05) is 10.2 Å². The highest BCUT2D eigenvalue weighted by Gasteiger charge is 2.49. The van der Waals surface area contributed by atoms with Crippen LogP contribution in [0.5, 0.6) is 0 Å². The topological polar surface area (TPSA) is 93.0 Å². The number of halogens is 3. The number of para-hydroxylation sites is 2. The Morgan fingerprint density at radius 3 is 2.61 bits per heavy atom. The van der Waals surface area contributed by atoms with Gasteiger partial charge in [-0.2, -0.15) is 18.0 Å². The normalized spacial score (nSPS) is 16.5. The van der Waals surface area contributed by atoms with Crippen molar-refractivity contribution in [2.45, 2.75) is 32.1 Å². The number of amides is 2. The van der Waals surface area contributed by atoms with Crippen molar-refractivity contribution in [3.63, 3.8) is 0 Å². The number of aromatic nitrogens is 4. The Morgan fingerprint density at radius 2 is 1.87 bits per heavy atom. The maximum absolute atomic E-state index is 13.8. The molecule has 11 heteroatoms. The summed E-state index contributed by atoms with van der Waals surface area (Å²) in [5, 5.41) is 14.3. The number of hydrogen-bond acceptors (Lipinski definition) is 5. The third kappa shape index (κ3) is 4.11. The minimum absolute atomic E-state index is 0.0417. The van der Waals surface area contributed by atoms with Gasteiger partial charge in [0.05, 0.1) is 17.8 Å². The quantitative estimate of drug-likeness (QED) is 0.690. The highest BCUT2D eigenvalue weighted by atomic mass is 19.4. The molecule has 8 nitrogen and oxygen atoms in total. The van der Waals surface area contributed by atoms with Gasteiger partial charge < -0.3 is 5.32 Å². The van der Waals surface area contributed by atoms with Crippen molar-refractivity contribution in [3.8, 4) is 11.4 Å². The van der Waals surface area contributed by atoms with Gasteiger partial charge in [0.2, 0.25) is 11.7 Å². The fourth-order valence-corrected chi connectivity index (χ4v) is 3.43. The van der Waals surface area contributed by atoms with E-state index in [0.717, 1.165) is 10.4 Å². The van der Waals surface area contributed by atoms with Gasteiger partial charge in [0.1, 0.15) is 12.6 Å². The van der Waals surface area contributed by atoms with E-state index < -0.39 is 37.0 Å². The third-order valence-corrected chi connectivity index (χ3v) is 4.89. The predicted octanol–water partition coefficient (Wildman–Crippen LogP) is 2.95. The average molecular weight is 430 g/mol. The van der Waals surface area contributed by atoms with E-state index in [2.05, 4.69) is 20.7 Å². The Balaban J connectivity index is 1.67. The van der Waals surface area contributed by atoms with Gasteiger partial charge in [0, 0.05) is 5.56 Å². The lowest BCUT2D eigenvalue weighted by atomic mass is 10.1. The van der Waals surface area contributed by atoms with Crippen LogP contribution in [0.15, 0.2) is 48.5 Å². The van der Waals surface area contributed by atoms with Crippen LogP contribution in [0.25, 0.3) is 11.4 Å². The van der Waals surface area contributed by atoms with Gasteiger partial charge in [-0.05, 0) is 29.8 Å². The summed E-state index contributed by atoms with van der Waals surface area (Å²) in [4.78, 5) is 26.6. The number of tetrazole rings is 1. The van der Waals surface area contributed by atoms with Gasteiger partial charge in [0.25, 0.3) is 5.91 Å². The Bertz CT molecular complexity index is 1140. The zero-order valence-electron chi connectivity index (χ0n) is 16.3. The molecule has 1 atom stereocenters. The van der Waals surface area contributed by atoms with E-state index in [4.69, 9.17) is 0 Å². The molecular formula is C20H17F3N6O2. The molecule has 0 saturated carbocycles. The van der Waals surface area contributed by atoms with E-state index in [0.29, 0.717) is 10.5 Å². The molecule has 1 unspecified atom stereocenters. The molecule has 0 saturated heterocycles. The van der Waals surface area contributed by atoms with E-state index in [1.54, 1.807) is 18.2 Å². The molecule has 0 spiro atoms. The van der Waals surface area contributed by atoms with Crippen LogP contribution in [0.1, 0.15) is 12.0 Å². The van der Waals surface area contributed by atoms with Gasteiger partial charge in [-0.3, -0.25) is 14.5 Å². The van der Waals surface area contributed by atoms with Crippen molar-refractivity contribution in [1.82, 2.24) is 20.2 Å². The van der Waals surface area contributed by atoms with Crippen LogP contribution in [-0.2, 0) is 16.1 Å². The lowest BCUT2D eigenvalue weighted by Crippen LogP contribution is -2.50. The second-order valence-electron chi connectivity index (χ2n) is 7.05. The van der Waals surface area contributed by atoms with Gasteiger partial charge in [-0.1, -0.05) is 36.4 Å². The highest BCUT2D eigenvalue weighted by Crippen LogP contribution is 2.37. The number of aryl methyl sites for hydroxylation is 1. The summed E-state index contributed by atoms with van der Waals surface area (Å²) < 4.78 is 41.4. The zero-order chi connectivity index (χ0) is 22.2. The molecule has 2 amide bonds. The molecule has 160 valence electrons. The molecule has 2 heterocycles. The van der Waals surface area contributed by atoms with Crippen LogP contribution in [0.3, 0.4) is 0 Å². The second-order valence-corrected chi connectivity index (χ2v) is 7.05. The molecule has 1 aliphatic rings. The van der Waals surface area contributed by atoms with Crippen molar-refractivity contribution >= 4 is 23.2 Å². The van der Waals surface area contributed by atoms with Gasteiger partial charge in [-0.15, -0.1) is 10.2 Å². The third-order valence-electron chi connectivity index (χ3n) is 4.89. The number of hydrogen-bond donors (Lipinski definition) is 1. The van der Waals surface area contributed by atoms with Crippen LogP contribution < -0.4 is 10.2 Å². The Hall–Kier alpha value is -3.76. The Morgan fingerprint density at radius 1 is 1.16 bits per heavy atom. The van der Waals surface area contributed by atoms with Crippen LogP contribution in [0.4, 0.5) is 24.5 Å². The smallest absolute Gasteiger partial charge is 0.324 e. The first-order chi connectivity index (χ1) is 14.7. The first-order valence-corrected chi connectivity index (χ1v) is 9.35. The largest absolute Gasteiger partial charge is 0.409 e. The summed E-state index contributed by atoms with van der Waals surface area (Å²) in [6, 6.07) is 10.8. The molecule has 0 aliphatic carbocycles. The van der Waals surface area contributed by atoms with Crippen molar-refractivity contribution in [2.24, 2.45) is 0 Å². The first kappa shape index (κ1) is 20.5. The maximum Gasteiger partial charge on any atom is 0.409 e. The summed E-state index contributed by atoms with van der Waals surface area (Å²) in [6.45, 7) is 1.28. The van der Waals surface area contributed by atoms with Crippen LogP contribution in [0, 0.1) is 6.92 Å². The average Bonchev–Trinajstić information content (AvgIpc) is 3.09. The fraction of sp³-hybridized carbons (Fsp3) is 0.250. The summed E-state index contributed by atoms with van der Waals surface area (Å²) in [5.74, 6) is -1.49. The molecular weight excluding hydrogens is 413 g/mol. The fourth-order valence-electron chi connectivity index (χ4n) is 3.43.